The van der Waals surface area contributed by atoms with Crippen LogP contribution in [-0.4, -0.2) is 72.0 Å². The van der Waals surface area contributed by atoms with Crippen LogP contribution in [0.25, 0.3) is 0 Å². The number of nitrogens with two attached hydrogens (primary N) is 2. The van der Waals surface area contributed by atoms with Gasteiger partial charge in [-0.25, -0.2) is 0 Å². The number of nitrogens with one attached hydrogen (secondary N) is 2. The number of aliphatic carboxylic acids is 2. The van der Waals surface area contributed by atoms with Crippen molar-refractivity contribution in [3.8, 4) is 0 Å². The van der Waals surface area contributed by atoms with Gasteiger partial charge in [0.2, 0.25) is 11.8 Å². The number of carbonyl (C=O) groups is 4. The van der Waals surface area contributed by atoms with Crippen LogP contribution in [0.2, 0.25) is 0 Å². The molecule has 11 heteroatoms. The second-order valence-electron chi connectivity index (χ2n) is 4.84. The number of rotatable bonds is 10. The maximum Gasteiger partial charge on any atom is 2.00 e. The molecule has 0 aromatic carbocycles. The monoisotopic (exact) mass is 370 g/mol. The number of carboxylic acids is 2. The van der Waals surface area contributed by atoms with Gasteiger partial charge in [0.25, 0.3) is 0 Å². The molecule has 0 aliphatic rings. The van der Waals surface area contributed by atoms with Gasteiger partial charge >= 0.3 is 23.1 Å². The molecule has 0 bridgehead atoms. The molecule has 0 aliphatic heterocycles. The van der Waals surface area contributed by atoms with Crippen LogP contribution in [0.5, 0.6) is 0 Å². The Morgan fingerprint density at radius 1 is 0.800 bits per heavy atom. The Balaban J connectivity index is -0.000000372. The van der Waals surface area contributed by atoms with Crippen molar-refractivity contribution in [1.82, 2.24) is 10.6 Å². The van der Waals surface area contributed by atoms with Crippen LogP contribution in [0.15, 0.2) is 0 Å². The third-order valence-corrected chi connectivity index (χ3v) is 2.72. The summed E-state index contributed by atoms with van der Waals surface area (Å²) in [7, 11) is 0. The summed E-state index contributed by atoms with van der Waals surface area (Å²) in [5, 5.41) is 25.3. The van der Waals surface area contributed by atoms with Crippen LogP contribution in [0.3, 0.4) is 0 Å². The van der Waals surface area contributed by atoms with E-state index >= 15 is 0 Å². The molecule has 2 amide bonds. The Morgan fingerprint density at radius 2 is 1.08 bits per heavy atom. The number of carbonyl (C=O) groups excluding carboxylic acids is 4. The van der Waals surface area contributed by atoms with Crippen LogP contribution in [0.4, 0.5) is 0 Å². The van der Waals surface area contributed by atoms with E-state index in [1.54, 1.807) is 13.8 Å². The number of carboxylic acid groups (broad SMARTS) is 2. The van der Waals surface area contributed by atoms with Gasteiger partial charge in [-0.15, -0.1) is 0 Å². The molecular weight excluding hydrogens is 344 g/mol. The largest absolute Gasteiger partial charge is 2.00 e. The standard InChI is InChI=1S/2C7H14N2O3.Mg/c2*1-2-9-6(10)4-3-5(8)7(11)12;/h2*5H,2-4,8H2,1H3,(H,9,10)(H,11,12);/q;;+2/p-2/t2*5-;/m00./s1. The SMILES string of the molecule is CCNC(=O)CC[C@H](N)C(=O)[O-].CCNC(=O)CC[C@H](N)C(=O)[O-].[Mg+2]. The first-order chi connectivity index (χ1) is 11.1. The summed E-state index contributed by atoms with van der Waals surface area (Å²) in [6.07, 6.45) is 0.494. The molecule has 0 heterocycles. The minimum absolute atomic E-state index is 0. The third-order valence-electron chi connectivity index (χ3n) is 2.72. The summed E-state index contributed by atoms with van der Waals surface area (Å²) in [5.74, 6) is -3.01. The molecule has 0 aliphatic carbocycles. The average Bonchev–Trinajstić information content (AvgIpc) is 2.51. The molecule has 0 saturated carbocycles. The minimum atomic E-state index is -1.32. The number of amides is 2. The van der Waals surface area contributed by atoms with Gasteiger partial charge in [-0.1, -0.05) is 0 Å². The minimum Gasteiger partial charge on any atom is -0.548 e. The molecule has 0 saturated heterocycles. The van der Waals surface area contributed by atoms with E-state index in [1.807, 2.05) is 0 Å². The Hall–Kier alpha value is -1.43. The maximum atomic E-state index is 10.8. The predicted octanol–water partition coefficient (Wildman–Crippen LogP) is -4.42. The van der Waals surface area contributed by atoms with Gasteiger partial charge in [-0.3, -0.25) is 9.59 Å². The van der Waals surface area contributed by atoms with Crippen LogP contribution in [0, 0.1) is 0 Å². The van der Waals surface area contributed by atoms with Gasteiger partial charge in [0.15, 0.2) is 0 Å². The summed E-state index contributed by atoms with van der Waals surface area (Å²) in [5.41, 5.74) is 10.2. The van der Waals surface area contributed by atoms with E-state index in [0.29, 0.717) is 13.1 Å². The molecule has 25 heavy (non-hydrogen) atoms. The summed E-state index contributed by atoms with van der Waals surface area (Å²) in [6, 6.07) is -2.10. The molecule has 0 rings (SSSR count). The van der Waals surface area contributed by atoms with E-state index in [0.717, 1.165) is 0 Å². The smallest absolute Gasteiger partial charge is 0.548 e. The molecule has 6 N–H and O–H groups in total. The van der Waals surface area contributed by atoms with Crippen molar-refractivity contribution in [2.75, 3.05) is 13.1 Å². The quantitative estimate of drug-likeness (QED) is 0.277. The van der Waals surface area contributed by atoms with Crippen LogP contribution >= 0.6 is 0 Å². The summed E-state index contributed by atoms with van der Waals surface area (Å²) < 4.78 is 0. The first-order valence-electron chi connectivity index (χ1n) is 7.61. The zero-order chi connectivity index (χ0) is 19.1. The zero-order valence-electron chi connectivity index (χ0n) is 14.7. The predicted molar refractivity (Wildman–Crippen MR) is 87.6 cm³/mol. The topological polar surface area (TPSA) is 190 Å². The molecular formula is C14H26MgN4O6. The fourth-order valence-electron chi connectivity index (χ4n) is 1.38. The molecule has 0 spiro atoms. The summed E-state index contributed by atoms with van der Waals surface area (Å²) in [4.78, 5) is 41.8. The normalized spacial score (nSPS) is 11.7. The number of hydrogen-bond acceptors (Lipinski definition) is 8. The molecule has 140 valence electrons. The van der Waals surface area contributed by atoms with Crippen molar-refractivity contribution in [3.63, 3.8) is 0 Å². The second kappa shape index (κ2) is 17.4. The van der Waals surface area contributed by atoms with E-state index in [-0.39, 0.29) is 60.6 Å². The van der Waals surface area contributed by atoms with Crippen molar-refractivity contribution < 1.29 is 29.4 Å². The molecule has 0 unspecified atom stereocenters. The van der Waals surface area contributed by atoms with Crippen molar-refractivity contribution in [1.29, 1.82) is 0 Å². The zero-order valence-corrected chi connectivity index (χ0v) is 16.1. The Labute approximate surface area is 163 Å². The first-order valence-corrected chi connectivity index (χ1v) is 7.61. The fourth-order valence-corrected chi connectivity index (χ4v) is 1.38. The maximum absolute atomic E-state index is 10.8. The van der Waals surface area contributed by atoms with Crippen LogP contribution in [-0.2, 0) is 19.2 Å². The molecule has 0 aromatic rings. The fraction of sp³-hybridized carbons (Fsp3) is 0.714. The molecule has 0 aromatic heterocycles. The summed E-state index contributed by atoms with van der Waals surface area (Å²) in [6.45, 7) is 4.66. The van der Waals surface area contributed by atoms with E-state index < -0.39 is 24.0 Å². The molecule has 10 nitrogen and oxygen atoms in total. The van der Waals surface area contributed by atoms with E-state index in [1.165, 1.54) is 0 Å². The van der Waals surface area contributed by atoms with Crippen LogP contribution < -0.4 is 32.3 Å². The molecule has 0 radical (unpaired) electrons. The Morgan fingerprint density at radius 3 is 1.28 bits per heavy atom. The van der Waals surface area contributed by atoms with Gasteiger partial charge in [-0.2, -0.15) is 0 Å². The van der Waals surface area contributed by atoms with Crippen molar-refractivity contribution >= 4 is 46.8 Å². The van der Waals surface area contributed by atoms with Gasteiger partial charge in [0, 0.05) is 38.0 Å². The van der Waals surface area contributed by atoms with E-state index in [9.17, 15) is 29.4 Å². The van der Waals surface area contributed by atoms with Gasteiger partial charge in [-0.05, 0) is 26.7 Å². The van der Waals surface area contributed by atoms with E-state index in [2.05, 4.69) is 10.6 Å². The number of hydrogen-bond donors (Lipinski definition) is 4. The second-order valence-corrected chi connectivity index (χ2v) is 4.84. The molecule has 2 atom stereocenters. The van der Waals surface area contributed by atoms with Crippen molar-refractivity contribution in [2.24, 2.45) is 11.5 Å². The Bertz CT molecular complexity index is 384. The van der Waals surface area contributed by atoms with Gasteiger partial charge in [0.05, 0.1) is 11.9 Å². The van der Waals surface area contributed by atoms with Crippen molar-refractivity contribution in [3.05, 3.63) is 0 Å². The van der Waals surface area contributed by atoms with Gasteiger partial charge < -0.3 is 41.9 Å². The summed E-state index contributed by atoms with van der Waals surface area (Å²) >= 11 is 0. The van der Waals surface area contributed by atoms with Crippen molar-refractivity contribution in [2.45, 2.75) is 51.6 Å². The van der Waals surface area contributed by atoms with Crippen LogP contribution in [0.1, 0.15) is 39.5 Å². The first kappa shape index (κ1) is 28.4. The molecule has 0 fully saturated rings. The average molecular weight is 371 g/mol. The third kappa shape index (κ3) is 18.7. The Kier molecular flexibility index (Phi) is 19.7. The van der Waals surface area contributed by atoms with E-state index in [4.69, 9.17) is 11.5 Å². The van der Waals surface area contributed by atoms with Gasteiger partial charge in [0.1, 0.15) is 0 Å².